The third-order valence-electron chi connectivity index (χ3n) is 3.93. The van der Waals surface area contributed by atoms with Crippen molar-refractivity contribution in [3.63, 3.8) is 0 Å². The van der Waals surface area contributed by atoms with Gasteiger partial charge in [0, 0.05) is 24.9 Å². The fraction of sp³-hybridized carbons (Fsp3) is 0.333. The molecule has 1 atom stereocenters. The molecule has 2 heterocycles. The van der Waals surface area contributed by atoms with Gasteiger partial charge in [0.25, 0.3) is 5.91 Å². The van der Waals surface area contributed by atoms with Gasteiger partial charge in [-0.3, -0.25) is 14.8 Å². The highest BCUT2D eigenvalue weighted by molar-refractivity contribution is 6.03. The van der Waals surface area contributed by atoms with Gasteiger partial charge in [0.05, 0.1) is 12.6 Å². The summed E-state index contributed by atoms with van der Waals surface area (Å²) in [6.07, 6.45) is 7.26. The van der Waals surface area contributed by atoms with Crippen LogP contribution in [0.5, 0.6) is 0 Å². The first kappa shape index (κ1) is 15.5. The topological polar surface area (TPSA) is 58.2 Å². The van der Waals surface area contributed by atoms with Crippen molar-refractivity contribution in [3.8, 4) is 0 Å². The van der Waals surface area contributed by atoms with Gasteiger partial charge < -0.3 is 4.74 Å². The molecular weight excluding hydrogens is 290 g/mol. The van der Waals surface area contributed by atoms with E-state index in [1.807, 2.05) is 37.3 Å². The molecule has 120 valence electrons. The number of anilines is 1. The maximum atomic E-state index is 12.6. The number of aromatic nitrogens is 2. The summed E-state index contributed by atoms with van der Waals surface area (Å²) >= 11 is 0. The van der Waals surface area contributed by atoms with Crippen LogP contribution in [0.15, 0.2) is 42.6 Å². The molecular formula is C18H21N3O2. The van der Waals surface area contributed by atoms with Crippen LogP contribution >= 0.6 is 0 Å². The Morgan fingerprint density at radius 3 is 2.87 bits per heavy atom. The molecule has 2 aromatic rings. The van der Waals surface area contributed by atoms with Crippen LogP contribution < -0.4 is 4.90 Å². The Labute approximate surface area is 136 Å². The van der Waals surface area contributed by atoms with E-state index in [-0.39, 0.29) is 12.0 Å². The average molecular weight is 311 g/mol. The molecule has 0 bridgehead atoms. The number of nitrogens with zero attached hydrogens (tertiary/aromatic N) is 2. The van der Waals surface area contributed by atoms with Crippen molar-refractivity contribution < 1.29 is 9.53 Å². The molecule has 5 heteroatoms. The second kappa shape index (κ2) is 7.24. The Bertz CT molecular complexity index is 656. The van der Waals surface area contributed by atoms with E-state index < -0.39 is 0 Å². The molecule has 1 fully saturated rings. The van der Waals surface area contributed by atoms with Gasteiger partial charge in [0.2, 0.25) is 0 Å². The normalized spacial score (nSPS) is 17.7. The molecule has 0 spiro atoms. The lowest BCUT2D eigenvalue weighted by molar-refractivity contribution is -0.114. The first-order valence-corrected chi connectivity index (χ1v) is 7.90. The van der Waals surface area contributed by atoms with Crippen LogP contribution in [0, 0.1) is 6.92 Å². The Morgan fingerprint density at radius 1 is 1.39 bits per heavy atom. The zero-order valence-corrected chi connectivity index (χ0v) is 13.2. The smallest absolute Gasteiger partial charge is 0.252 e. The Morgan fingerprint density at radius 2 is 2.22 bits per heavy atom. The van der Waals surface area contributed by atoms with Gasteiger partial charge in [-0.25, -0.2) is 0 Å². The monoisotopic (exact) mass is 311 g/mol. The molecule has 1 aliphatic rings. The van der Waals surface area contributed by atoms with Gasteiger partial charge in [0.15, 0.2) is 5.82 Å². The maximum absolute atomic E-state index is 12.6. The zero-order valence-electron chi connectivity index (χ0n) is 13.2. The third kappa shape index (κ3) is 4.07. The maximum Gasteiger partial charge on any atom is 0.252 e. The number of hydrogen-bond donors (Lipinski definition) is 1. The van der Waals surface area contributed by atoms with Crippen molar-refractivity contribution >= 4 is 17.8 Å². The number of H-pyrrole nitrogens is 1. The van der Waals surface area contributed by atoms with Crippen LogP contribution in [-0.4, -0.2) is 35.4 Å². The summed E-state index contributed by atoms with van der Waals surface area (Å²) in [5.41, 5.74) is 2.20. The molecule has 0 saturated carbocycles. The molecule has 0 radical (unpaired) electrons. The van der Waals surface area contributed by atoms with E-state index in [9.17, 15) is 4.79 Å². The minimum atomic E-state index is -0.0897. The van der Waals surface area contributed by atoms with Gasteiger partial charge in [-0.2, -0.15) is 5.10 Å². The highest BCUT2D eigenvalue weighted by Gasteiger charge is 2.23. The molecule has 1 aromatic carbocycles. The van der Waals surface area contributed by atoms with Crippen molar-refractivity contribution in [2.75, 3.05) is 18.1 Å². The van der Waals surface area contributed by atoms with E-state index in [2.05, 4.69) is 10.2 Å². The minimum Gasteiger partial charge on any atom is -0.376 e. The molecule has 1 N–H and O–H groups in total. The number of rotatable bonds is 5. The molecule has 23 heavy (non-hydrogen) atoms. The summed E-state index contributed by atoms with van der Waals surface area (Å²) in [5.74, 6) is 0.534. The van der Waals surface area contributed by atoms with Gasteiger partial charge in [-0.05, 0) is 31.4 Å². The summed E-state index contributed by atoms with van der Waals surface area (Å²) in [6, 6.07) is 9.85. The molecule has 1 saturated heterocycles. The zero-order chi connectivity index (χ0) is 16.1. The molecule has 5 nitrogen and oxygen atoms in total. The van der Waals surface area contributed by atoms with Crippen molar-refractivity contribution in [1.82, 2.24) is 10.2 Å². The van der Waals surface area contributed by atoms with E-state index in [0.29, 0.717) is 12.4 Å². The average Bonchev–Trinajstić information content (AvgIpc) is 3.25. The number of hydrogen-bond acceptors (Lipinski definition) is 3. The Hall–Kier alpha value is -2.40. The predicted octanol–water partition coefficient (Wildman–Crippen LogP) is 2.94. The molecule has 1 unspecified atom stereocenters. The Balaban J connectivity index is 1.72. The van der Waals surface area contributed by atoms with Gasteiger partial charge in [-0.15, -0.1) is 0 Å². The van der Waals surface area contributed by atoms with Crippen LogP contribution in [0.2, 0.25) is 0 Å². The fourth-order valence-electron chi connectivity index (χ4n) is 2.63. The van der Waals surface area contributed by atoms with Gasteiger partial charge in [-0.1, -0.05) is 29.8 Å². The van der Waals surface area contributed by atoms with Crippen molar-refractivity contribution in [2.45, 2.75) is 25.9 Å². The van der Waals surface area contributed by atoms with Crippen LogP contribution in [0.1, 0.15) is 24.0 Å². The van der Waals surface area contributed by atoms with Crippen molar-refractivity contribution in [2.24, 2.45) is 0 Å². The molecule has 1 aliphatic heterocycles. The lowest BCUT2D eigenvalue weighted by Crippen LogP contribution is -2.36. The van der Waals surface area contributed by atoms with Crippen LogP contribution in [0.4, 0.5) is 5.82 Å². The number of carbonyl (C=O) groups excluding carboxylic acids is 1. The number of benzene rings is 1. The van der Waals surface area contributed by atoms with Crippen LogP contribution in [0.3, 0.4) is 0 Å². The lowest BCUT2D eigenvalue weighted by atomic mass is 10.1. The summed E-state index contributed by atoms with van der Waals surface area (Å²) < 4.78 is 5.65. The highest BCUT2D eigenvalue weighted by Crippen LogP contribution is 2.18. The summed E-state index contributed by atoms with van der Waals surface area (Å²) in [5, 5.41) is 6.90. The minimum absolute atomic E-state index is 0.0865. The second-order valence-electron chi connectivity index (χ2n) is 5.76. The van der Waals surface area contributed by atoms with E-state index in [0.717, 1.165) is 25.0 Å². The quantitative estimate of drug-likeness (QED) is 0.864. The number of carbonyl (C=O) groups is 1. The lowest BCUT2D eigenvalue weighted by Gasteiger charge is -2.22. The SMILES string of the molecule is Cc1ccc(/C=C/C(=O)N(CC2CCCO2)c2cc[nH]n2)cc1. The third-order valence-corrected chi connectivity index (χ3v) is 3.93. The van der Waals surface area contributed by atoms with Crippen LogP contribution in [-0.2, 0) is 9.53 Å². The highest BCUT2D eigenvalue weighted by atomic mass is 16.5. The number of nitrogens with one attached hydrogen (secondary N) is 1. The number of aromatic amines is 1. The molecule has 1 amide bonds. The predicted molar refractivity (Wildman–Crippen MR) is 90.1 cm³/mol. The number of amides is 1. The fourth-order valence-corrected chi connectivity index (χ4v) is 2.63. The second-order valence-corrected chi connectivity index (χ2v) is 5.76. The van der Waals surface area contributed by atoms with E-state index in [1.165, 1.54) is 5.56 Å². The summed E-state index contributed by atoms with van der Waals surface area (Å²) in [4.78, 5) is 14.3. The van der Waals surface area contributed by atoms with E-state index in [1.54, 1.807) is 23.2 Å². The van der Waals surface area contributed by atoms with E-state index in [4.69, 9.17) is 4.74 Å². The van der Waals surface area contributed by atoms with Gasteiger partial charge >= 0.3 is 0 Å². The molecule has 0 aliphatic carbocycles. The van der Waals surface area contributed by atoms with E-state index >= 15 is 0 Å². The molecule has 1 aromatic heterocycles. The molecule has 3 rings (SSSR count). The number of aryl methyl sites for hydroxylation is 1. The number of ether oxygens (including phenoxy) is 1. The Kier molecular flexibility index (Phi) is 4.88. The first-order chi connectivity index (χ1) is 11.2. The van der Waals surface area contributed by atoms with Crippen molar-refractivity contribution in [1.29, 1.82) is 0 Å². The first-order valence-electron chi connectivity index (χ1n) is 7.90. The summed E-state index contributed by atoms with van der Waals surface area (Å²) in [7, 11) is 0. The van der Waals surface area contributed by atoms with Crippen molar-refractivity contribution in [3.05, 3.63) is 53.7 Å². The van der Waals surface area contributed by atoms with Gasteiger partial charge in [0.1, 0.15) is 0 Å². The summed E-state index contributed by atoms with van der Waals surface area (Å²) in [6.45, 7) is 3.34. The standard InChI is InChI=1S/C18H21N3O2/c1-14-4-6-15(7-5-14)8-9-18(22)21(17-10-11-19-20-17)13-16-3-2-12-23-16/h4-11,16H,2-3,12-13H2,1H3,(H,19,20)/b9-8+. The largest absolute Gasteiger partial charge is 0.376 e. The van der Waals surface area contributed by atoms with Crippen LogP contribution in [0.25, 0.3) is 6.08 Å².